The Morgan fingerprint density at radius 2 is 2.19 bits per heavy atom. The van der Waals surface area contributed by atoms with E-state index in [-0.39, 0.29) is 11.4 Å². The maximum Gasteiger partial charge on any atom is 0.261 e. The van der Waals surface area contributed by atoms with Crippen LogP contribution in [-0.4, -0.2) is 24.1 Å². The lowest BCUT2D eigenvalue weighted by atomic mass is 9.95. The molecule has 3 N–H and O–H groups in total. The first-order chi connectivity index (χ1) is 9.85. The molecular formula is C15H20Cl2N2O2. The summed E-state index contributed by atoms with van der Waals surface area (Å²) < 4.78 is 5.61. The molecule has 2 unspecified atom stereocenters. The van der Waals surface area contributed by atoms with E-state index in [1.807, 2.05) is 6.92 Å². The minimum absolute atomic E-state index is 0.194. The molecule has 0 aromatic heterocycles. The van der Waals surface area contributed by atoms with Crippen LogP contribution < -0.4 is 15.8 Å². The first-order valence-electron chi connectivity index (χ1n) is 6.99. The van der Waals surface area contributed by atoms with Crippen LogP contribution >= 0.6 is 23.2 Å². The molecule has 1 aromatic rings. The second kappa shape index (κ2) is 6.42. The standard InChI is InChI=1S/C15H20Cl2N2O2/c1-9(21-13-6-5-11(16)7-12(13)17)14(20)19-15(2,8-18)10-3-4-10/h5-7,9-10H,3-4,8,18H2,1-2H3,(H,19,20). The molecule has 0 radical (unpaired) electrons. The third-order valence-electron chi connectivity index (χ3n) is 3.88. The number of ether oxygens (including phenoxy) is 1. The van der Waals surface area contributed by atoms with Gasteiger partial charge in [-0.05, 0) is 50.8 Å². The molecule has 1 saturated carbocycles. The Morgan fingerprint density at radius 3 is 2.71 bits per heavy atom. The van der Waals surface area contributed by atoms with Crippen LogP contribution in [0.2, 0.25) is 10.0 Å². The number of rotatable bonds is 6. The van der Waals surface area contributed by atoms with Crippen LogP contribution in [0.15, 0.2) is 18.2 Å². The summed E-state index contributed by atoms with van der Waals surface area (Å²) in [4.78, 5) is 12.3. The van der Waals surface area contributed by atoms with E-state index in [4.69, 9.17) is 33.7 Å². The highest BCUT2D eigenvalue weighted by Gasteiger charge is 2.42. The first kappa shape index (κ1) is 16.4. The summed E-state index contributed by atoms with van der Waals surface area (Å²) in [7, 11) is 0. The van der Waals surface area contributed by atoms with Crippen molar-refractivity contribution >= 4 is 29.1 Å². The van der Waals surface area contributed by atoms with Gasteiger partial charge in [-0.2, -0.15) is 0 Å². The van der Waals surface area contributed by atoms with Gasteiger partial charge in [-0.15, -0.1) is 0 Å². The Morgan fingerprint density at radius 1 is 1.52 bits per heavy atom. The van der Waals surface area contributed by atoms with Gasteiger partial charge in [0.25, 0.3) is 5.91 Å². The monoisotopic (exact) mass is 330 g/mol. The fourth-order valence-electron chi connectivity index (χ4n) is 2.24. The van der Waals surface area contributed by atoms with Gasteiger partial charge in [0.2, 0.25) is 0 Å². The van der Waals surface area contributed by atoms with Crippen molar-refractivity contribution in [1.82, 2.24) is 5.32 Å². The van der Waals surface area contributed by atoms with E-state index in [0.29, 0.717) is 28.3 Å². The minimum Gasteiger partial charge on any atom is -0.479 e. The summed E-state index contributed by atoms with van der Waals surface area (Å²) in [6.07, 6.45) is 1.55. The molecule has 2 rings (SSSR count). The van der Waals surface area contributed by atoms with E-state index in [9.17, 15) is 4.79 Å². The highest BCUT2D eigenvalue weighted by atomic mass is 35.5. The number of benzene rings is 1. The minimum atomic E-state index is -0.659. The molecule has 2 atom stereocenters. The molecule has 0 heterocycles. The zero-order chi connectivity index (χ0) is 15.6. The van der Waals surface area contributed by atoms with Gasteiger partial charge in [0.1, 0.15) is 5.75 Å². The SMILES string of the molecule is CC(Oc1ccc(Cl)cc1Cl)C(=O)NC(C)(CN)C1CC1. The van der Waals surface area contributed by atoms with Crippen LogP contribution in [0, 0.1) is 5.92 Å². The molecule has 21 heavy (non-hydrogen) atoms. The topological polar surface area (TPSA) is 64.3 Å². The molecule has 1 aliphatic rings. The van der Waals surface area contributed by atoms with Gasteiger partial charge in [-0.1, -0.05) is 23.2 Å². The normalized spacial score (nSPS) is 18.7. The Kier molecular flexibility index (Phi) is 5.02. The largest absolute Gasteiger partial charge is 0.479 e. The third-order valence-corrected chi connectivity index (χ3v) is 4.41. The molecule has 0 aliphatic heterocycles. The van der Waals surface area contributed by atoms with Crippen molar-refractivity contribution in [3.05, 3.63) is 28.2 Å². The molecule has 0 saturated heterocycles. The van der Waals surface area contributed by atoms with Crippen molar-refractivity contribution in [3.63, 3.8) is 0 Å². The smallest absolute Gasteiger partial charge is 0.261 e. The van der Waals surface area contributed by atoms with E-state index in [0.717, 1.165) is 12.8 Å². The summed E-state index contributed by atoms with van der Waals surface area (Å²) in [6.45, 7) is 4.08. The van der Waals surface area contributed by atoms with E-state index in [1.54, 1.807) is 25.1 Å². The number of amides is 1. The van der Waals surface area contributed by atoms with Crippen molar-refractivity contribution in [2.75, 3.05) is 6.54 Å². The fraction of sp³-hybridized carbons (Fsp3) is 0.533. The second-order valence-corrected chi connectivity index (χ2v) is 6.56. The molecular weight excluding hydrogens is 311 g/mol. The van der Waals surface area contributed by atoms with Gasteiger partial charge < -0.3 is 15.8 Å². The van der Waals surface area contributed by atoms with E-state index < -0.39 is 6.10 Å². The highest BCUT2D eigenvalue weighted by Crippen LogP contribution is 2.39. The van der Waals surface area contributed by atoms with Gasteiger partial charge in [0, 0.05) is 11.6 Å². The number of halogens is 2. The quantitative estimate of drug-likeness (QED) is 0.842. The summed E-state index contributed by atoms with van der Waals surface area (Å²) >= 11 is 11.9. The predicted molar refractivity (Wildman–Crippen MR) is 84.9 cm³/mol. The maximum atomic E-state index is 12.3. The summed E-state index contributed by atoms with van der Waals surface area (Å²) in [5, 5.41) is 3.90. The van der Waals surface area contributed by atoms with Gasteiger partial charge in [0.15, 0.2) is 6.10 Å². The molecule has 0 spiro atoms. The number of hydrogen-bond donors (Lipinski definition) is 2. The molecule has 1 amide bonds. The lowest BCUT2D eigenvalue weighted by molar-refractivity contribution is -0.129. The third kappa shape index (κ3) is 4.02. The first-order valence-corrected chi connectivity index (χ1v) is 7.75. The lowest BCUT2D eigenvalue weighted by Crippen LogP contribution is -2.56. The zero-order valence-electron chi connectivity index (χ0n) is 12.2. The Labute approximate surface area is 134 Å². The molecule has 116 valence electrons. The molecule has 6 heteroatoms. The molecule has 4 nitrogen and oxygen atoms in total. The van der Waals surface area contributed by atoms with Crippen LogP contribution in [-0.2, 0) is 4.79 Å². The summed E-state index contributed by atoms with van der Waals surface area (Å²) in [6, 6.07) is 4.90. The highest BCUT2D eigenvalue weighted by molar-refractivity contribution is 6.35. The summed E-state index contributed by atoms with van der Waals surface area (Å²) in [5.41, 5.74) is 5.44. The fourth-order valence-corrected chi connectivity index (χ4v) is 2.69. The number of nitrogens with two attached hydrogens (primary N) is 1. The van der Waals surface area contributed by atoms with Crippen molar-refractivity contribution in [2.45, 2.75) is 38.3 Å². The Balaban J connectivity index is 1.99. The van der Waals surface area contributed by atoms with Gasteiger partial charge in [-0.25, -0.2) is 0 Å². The van der Waals surface area contributed by atoms with Crippen LogP contribution in [0.3, 0.4) is 0 Å². The van der Waals surface area contributed by atoms with Crippen LogP contribution in [0.4, 0.5) is 0 Å². The average Bonchev–Trinajstić information content (AvgIpc) is 3.26. The molecule has 1 aromatic carbocycles. The summed E-state index contributed by atoms with van der Waals surface area (Å²) in [5.74, 6) is 0.697. The lowest BCUT2D eigenvalue weighted by Gasteiger charge is -2.31. The number of nitrogens with one attached hydrogen (secondary N) is 1. The molecule has 1 aliphatic carbocycles. The van der Waals surface area contributed by atoms with Crippen LogP contribution in [0.1, 0.15) is 26.7 Å². The molecule has 0 bridgehead atoms. The van der Waals surface area contributed by atoms with E-state index in [2.05, 4.69) is 5.32 Å². The number of carbonyl (C=O) groups is 1. The van der Waals surface area contributed by atoms with Crippen molar-refractivity contribution in [1.29, 1.82) is 0 Å². The number of hydrogen-bond acceptors (Lipinski definition) is 3. The van der Waals surface area contributed by atoms with Gasteiger partial charge >= 0.3 is 0 Å². The van der Waals surface area contributed by atoms with Crippen molar-refractivity contribution in [3.8, 4) is 5.75 Å². The van der Waals surface area contributed by atoms with E-state index in [1.165, 1.54) is 0 Å². The van der Waals surface area contributed by atoms with Crippen molar-refractivity contribution in [2.24, 2.45) is 11.7 Å². The maximum absolute atomic E-state index is 12.3. The van der Waals surface area contributed by atoms with Crippen molar-refractivity contribution < 1.29 is 9.53 Å². The zero-order valence-corrected chi connectivity index (χ0v) is 13.7. The molecule has 1 fully saturated rings. The van der Waals surface area contributed by atoms with Crippen LogP contribution in [0.25, 0.3) is 0 Å². The van der Waals surface area contributed by atoms with E-state index >= 15 is 0 Å². The average molecular weight is 331 g/mol. The van der Waals surface area contributed by atoms with Gasteiger partial charge in [0.05, 0.1) is 10.6 Å². The van der Waals surface area contributed by atoms with Gasteiger partial charge in [-0.3, -0.25) is 4.79 Å². The second-order valence-electron chi connectivity index (χ2n) is 5.72. The predicted octanol–water partition coefficient (Wildman–Crippen LogP) is 3.00. The number of carbonyl (C=O) groups excluding carboxylic acids is 1. The van der Waals surface area contributed by atoms with Crippen LogP contribution in [0.5, 0.6) is 5.75 Å². The Hall–Kier alpha value is -0.970. The Bertz CT molecular complexity index is 534.